The van der Waals surface area contributed by atoms with Crippen LogP contribution in [0.3, 0.4) is 0 Å². The molecule has 0 saturated carbocycles. The minimum absolute atomic E-state index is 1.34. The lowest BCUT2D eigenvalue weighted by molar-refractivity contribution is 1.44. The minimum Gasteiger partial charge on any atom is -0.135 e. The highest BCUT2D eigenvalue weighted by Crippen LogP contribution is 2.44. The first kappa shape index (κ1) is 110. The van der Waals surface area contributed by atoms with E-state index in [1.54, 1.807) is 0 Å². The number of hydrogen-bond acceptors (Lipinski definition) is 6. The summed E-state index contributed by atoms with van der Waals surface area (Å²) in [6, 6.07) is 67.4. The second kappa shape index (κ2) is 56.6. The van der Waals surface area contributed by atoms with Gasteiger partial charge in [0.25, 0.3) is 0 Å². The van der Waals surface area contributed by atoms with Crippen molar-refractivity contribution in [2.75, 3.05) is 0 Å². The fourth-order valence-electron chi connectivity index (χ4n) is 14.5. The molecule has 0 bridgehead atoms. The van der Waals surface area contributed by atoms with Crippen molar-refractivity contribution in [3.8, 4) is 0 Å². The lowest BCUT2D eigenvalue weighted by atomic mass is 10.0. The number of aryl methyl sites for hydroxylation is 18. The molecule has 0 amide bonds. The van der Waals surface area contributed by atoms with E-state index in [-0.39, 0.29) is 0 Å². The molecule has 6 aromatic heterocycles. The van der Waals surface area contributed by atoms with Crippen LogP contribution in [0, 0.1) is 125 Å². The Kier molecular flexibility index (Phi) is 51.9. The van der Waals surface area contributed by atoms with Gasteiger partial charge in [-0.1, -0.05) is 298 Å². The van der Waals surface area contributed by atoms with Crippen molar-refractivity contribution in [2.24, 2.45) is 0 Å². The summed E-state index contributed by atoms with van der Waals surface area (Å²) in [6.07, 6.45) is 0. The normalized spacial score (nSPS) is 9.75. The Balaban J connectivity index is 0.000000684. The molecule has 18 rings (SSSR count). The van der Waals surface area contributed by atoms with Crippen LogP contribution in [0.15, 0.2) is 182 Å². The number of hydrogen-bond donors (Lipinski definition) is 0. The minimum atomic E-state index is 1.34. The summed E-state index contributed by atoms with van der Waals surface area (Å²) in [7, 11) is 0. The van der Waals surface area contributed by atoms with Crippen LogP contribution in [-0.4, -0.2) is 0 Å². The SMILES string of the molecule is CC.CC.CC.CC.CC.CC.CC.CC.CC.CC.CC.CC.Cc1cc(C)c2c(c1)sc1c(C)cccc12.Cc1cc(C)c2c(c1)sc1ccc(C)cc12.Cc1cc(C)c2c(c1)sc1cccc(C)c12.Cc1cc(C)c2sc3c(C)cccc3c2c1.Cc1ccc2c(c1)sc1c(C)cc(C)cc12.Cc1ccc2c(c1)sc1cc(C)cc(C)c12. The van der Waals surface area contributed by atoms with Gasteiger partial charge in [0.15, 0.2) is 0 Å². The molecule has 0 radical (unpaired) electrons. The van der Waals surface area contributed by atoms with Gasteiger partial charge in [0.2, 0.25) is 0 Å². The summed E-state index contributed by atoms with van der Waals surface area (Å²) in [4.78, 5) is 0. The maximum atomic E-state index is 2.31. The zero-order chi connectivity index (χ0) is 91.7. The second-order valence-corrected chi connectivity index (χ2v) is 33.6. The molecule has 648 valence electrons. The fourth-order valence-corrected chi connectivity index (χ4v) is 22.3. The predicted molar refractivity (Wildman–Crippen MR) is 577 cm³/mol. The second-order valence-electron chi connectivity index (χ2n) is 27.2. The Morgan fingerprint density at radius 2 is 0.400 bits per heavy atom. The van der Waals surface area contributed by atoms with Gasteiger partial charge in [-0.2, -0.15) is 0 Å². The molecule has 6 heterocycles. The molecule has 0 fully saturated rings. The van der Waals surface area contributed by atoms with E-state index < -0.39 is 0 Å². The molecule has 18 aromatic rings. The first-order chi connectivity index (χ1) is 57.9. The molecule has 120 heavy (non-hydrogen) atoms. The predicted octanol–water partition coefficient (Wildman–Crippen LogP) is 42.2. The summed E-state index contributed by atoms with van der Waals surface area (Å²) in [6.45, 7) is 87.3. The highest BCUT2D eigenvalue weighted by atomic mass is 32.1. The van der Waals surface area contributed by atoms with Gasteiger partial charge in [0, 0.05) is 121 Å². The van der Waals surface area contributed by atoms with Crippen molar-refractivity contribution in [1.29, 1.82) is 0 Å². The van der Waals surface area contributed by atoms with E-state index in [9.17, 15) is 0 Å². The first-order valence-electron chi connectivity index (χ1n) is 45.3. The van der Waals surface area contributed by atoms with Crippen LogP contribution in [0.2, 0.25) is 0 Å². The molecule has 0 atom stereocenters. The lowest BCUT2D eigenvalue weighted by Crippen LogP contribution is -1.79. The van der Waals surface area contributed by atoms with Crippen molar-refractivity contribution in [2.45, 2.75) is 291 Å². The zero-order valence-electron chi connectivity index (χ0n) is 82.8. The maximum Gasteiger partial charge on any atom is 0.0384 e. The van der Waals surface area contributed by atoms with E-state index >= 15 is 0 Å². The average Bonchev–Trinajstić information content (AvgIpc) is 1.65. The Bertz CT molecular complexity index is 6000. The van der Waals surface area contributed by atoms with E-state index in [0.29, 0.717) is 0 Å². The summed E-state index contributed by atoms with van der Waals surface area (Å²) < 4.78 is 17.0. The molecule has 0 N–H and O–H groups in total. The molecule has 0 spiro atoms. The number of benzene rings is 12. The molecule has 6 heteroatoms. The summed E-state index contributed by atoms with van der Waals surface area (Å²) >= 11 is 11.5. The average molecular weight is 1720 g/mol. The zero-order valence-corrected chi connectivity index (χ0v) is 87.7. The maximum absolute atomic E-state index is 2.31. The van der Waals surface area contributed by atoms with E-state index in [0.717, 1.165) is 0 Å². The Hall–Kier alpha value is -8.04. The van der Waals surface area contributed by atoms with Crippen LogP contribution in [0.25, 0.3) is 121 Å². The third kappa shape index (κ3) is 27.7. The quantitative estimate of drug-likeness (QED) is 0.142. The molecular weight excluding hydrogens is 1560 g/mol. The topological polar surface area (TPSA) is 0 Å². The molecule has 0 saturated heterocycles. The molecule has 12 aromatic carbocycles. The van der Waals surface area contributed by atoms with Crippen LogP contribution >= 0.6 is 68.0 Å². The highest BCUT2D eigenvalue weighted by molar-refractivity contribution is 7.28. The Labute approximate surface area is 755 Å². The van der Waals surface area contributed by atoms with Crippen molar-refractivity contribution in [3.05, 3.63) is 282 Å². The third-order valence-electron chi connectivity index (χ3n) is 18.6. The van der Waals surface area contributed by atoms with E-state index in [2.05, 4.69) is 307 Å². The van der Waals surface area contributed by atoms with Gasteiger partial charge >= 0.3 is 0 Å². The van der Waals surface area contributed by atoms with Crippen molar-refractivity contribution >= 4 is 189 Å². The number of fused-ring (bicyclic) bond motifs is 18. The van der Waals surface area contributed by atoms with Gasteiger partial charge in [-0.15, -0.1) is 68.0 Å². The monoisotopic (exact) mass is 1720 g/mol. The Morgan fingerprint density at radius 3 is 0.867 bits per heavy atom. The summed E-state index contributed by atoms with van der Waals surface area (Å²) in [5, 5.41) is 17.1. The molecule has 0 aliphatic carbocycles. The third-order valence-corrected chi connectivity index (χ3v) is 26.0. The molecule has 0 nitrogen and oxygen atoms in total. The molecule has 0 aliphatic heterocycles. The van der Waals surface area contributed by atoms with Gasteiger partial charge in [-0.3, -0.25) is 0 Å². The van der Waals surface area contributed by atoms with Gasteiger partial charge in [-0.25, -0.2) is 0 Å². The van der Waals surface area contributed by atoms with Crippen LogP contribution < -0.4 is 0 Å². The van der Waals surface area contributed by atoms with E-state index in [4.69, 9.17) is 0 Å². The van der Waals surface area contributed by atoms with Gasteiger partial charge in [0.05, 0.1) is 0 Å². The van der Waals surface area contributed by atoms with Crippen LogP contribution in [0.1, 0.15) is 266 Å². The standard InChI is InChI=1S/6C15H14S.12C2H6/c1-9-4-5-12-13-7-10(2)6-11(3)15(13)16-14(12)8-9;1-9-4-5-13-12(7-9)15-11(3)6-10(2)8-14(15)16-13;1-9-4-5-12-13(7-9)16-14-8-10(2)6-11(3)15(12)14;1-9-7-11(3)14-12-6-4-5-10(2)15(12)16-13(14)8-9;1-9-7-11(3)15-13(8-9)16-12-6-4-5-10(2)14(12)15;1-9-7-11(3)15-13(8-9)12-6-4-5-10(2)14(12)16-15;12*1-2/h6*4-8H,1-3H3;12*1-2H3. The van der Waals surface area contributed by atoms with E-state index in [1.807, 2.05) is 234 Å². The fraction of sp³-hybridized carbons (Fsp3) is 0.368. The van der Waals surface area contributed by atoms with Crippen LogP contribution in [0.4, 0.5) is 0 Å². The molecule has 0 aliphatic rings. The molecule has 0 unspecified atom stereocenters. The van der Waals surface area contributed by atoms with Gasteiger partial charge < -0.3 is 0 Å². The number of thiophene rings is 6. The van der Waals surface area contributed by atoms with Crippen molar-refractivity contribution in [1.82, 2.24) is 0 Å². The van der Waals surface area contributed by atoms with Gasteiger partial charge in [-0.05, 0) is 275 Å². The summed E-state index contributed by atoms with van der Waals surface area (Å²) in [5.41, 5.74) is 24.7. The lowest BCUT2D eigenvalue weighted by Gasteiger charge is -2.01. The van der Waals surface area contributed by atoms with Crippen LogP contribution in [-0.2, 0) is 0 Å². The van der Waals surface area contributed by atoms with Gasteiger partial charge in [0.1, 0.15) is 0 Å². The smallest absolute Gasteiger partial charge is 0.0384 e. The summed E-state index contributed by atoms with van der Waals surface area (Å²) in [5.74, 6) is 0. The number of rotatable bonds is 0. The Morgan fingerprint density at radius 1 is 0.133 bits per heavy atom. The van der Waals surface area contributed by atoms with Crippen molar-refractivity contribution in [3.63, 3.8) is 0 Å². The molecular formula is C114H156S6. The first-order valence-corrected chi connectivity index (χ1v) is 50.2. The van der Waals surface area contributed by atoms with Crippen LogP contribution in [0.5, 0.6) is 0 Å². The highest BCUT2D eigenvalue weighted by Gasteiger charge is 2.15. The van der Waals surface area contributed by atoms with Crippen molar-refractivity contribution < 1.29 is 0 Å². The van der Waals surface area contributed by atoms with E-state index in [1.165, 1.54) is 221 Å². The largest absolute Gasteiger partial charge is 0.135 e.